The largest absolute Gasteiger partial charge is 0.505 e. The Morgan fingerprint density at radius 1 is 0.926 bits per heavy atom. The van der Waals surface area contributed by atoms with E-state index in [1.165, 1.54) is 53.4 Å². The van der Waals surface area contributed by atoms with Crippen molar-refractivity contribution in [2.75, 3.05) is 16.8 Å². The predicted molar refractivity (Wildman–Crippen MR) is 199 cm³/mol. The molecule has 0 aliphatic heterocycles. The lowest BCUT2D eigenvalue weighted by atomic mass is 10.1. The normalized spacial score (nSPS) is 12.2. The number of nitrogens with zero attached hydrogens (tertiary/aromatic N) is 6. The number of azo groups is 1. The number of nitrogens with one attached hydrogen (secondary N) is 1. The van der Waals surface area contributed by atoms with Crippen LogP contribution in [0.25, 0.3) is 10.8 Å². The molecule has 0 unspecified atom stereocenters. The van der Waals surface area contributed by atoms with Crippen molar-refractivity contribution in [2.24, 2.45) is 10.2 Å². The molecule has 23 heteroatoms. The molecule has 0 bridgehead atoms. The molecular weight excluding hydrogens is 810 g/mol. The van der Waals surface area contributed by atoms with E-state index in [1.807, 2.05) is 0 Å². The molecule has 5 aromatic rings. The molecule has 0 fully saturated rings. The fourth-order valence-electron chi connectivity index (χ4n) is 4.88. The summed E-state index contributed by atoms with van der Waals surface area (Å²) in [6.45, 7) is 8.60. The van der Waals surface area contributed by atoms with Crippen LogP contribution in [0.4, 0.5) is 34.6 Å². The number of aromatic hydroxyl groups is 1. The maximum absolute atomic E-state index is 12.5. The first kappa shape index (κ1) is 40.2. The van der Waals surface area contributed by atoms with E-state index >= 15 is 0 Å². The third-order valence-electron chi connectivity index (χ3n) is 7.34. The van der Waals surface area contributed by atoms with Gasteiger partial charge >= 0.3 is 0 Å². The van der Waals surface area contributed by atoms with Crippen LogP contribution in [-0.2, 0) is 39.2 Å². The van der Waals surface area contributed by atoms with Crippen LogP contribution >= 0.6 is 23.6 Å². The van der Waals surface area contributed by atoms with Gasteiger partial charge in [-0.25, -0.2) is 22.1 Å². The molecule has 1 aromatic heterocycles. The average molecular weight is 836 g/mol. The number of halogens is 1. The van der Waals surface area contributed by atoms with Gasteiger partial charge in [-0.3, -0.25) is 4.55 Å². The molecule has 0 spiro atoms. The van der Waals surface area contributed by atoms with Crippen LogP contribution < -0.4 is 10.2 Å². The van der Waals surface area contributed by atoms with Gasteiger partial charge in [-0.05, 0) is 79.2 Å². The first-order valence-electron chi connectivity index (χ1n) is 14.8. The van der Waals surface area contributed by atoms with Gasteiger partial charge in [-0.2, -0.15) is 28.5 Å². The maximum Gasteiger partial charge on any atom is 0.295 e. The van der Waals surface area contributed by atoms with E-state index in [2.05, 4.69) is 53.0 Å². The number of phenolic OH excluding ortho intramolecular Hbond substituents is 1. The molecule has 4 N–H and O–H groups in total. The molecule has 0 radical (unpaired) electrons. The van der Waals surface area contributed by atoms with Crippen LogP contribution in [0.2, 0.25) is 5.28 Å². The third-order valence-corrected chi connectivity index (χ3v) is 11.8. The number of sulfone groups is 2. The summed E-state index contributed by atoms with van der Waals surface area (Å²) < 4.78 is 88.7. The van der Waals surface area contributed by atoms with E-state index in [4.69, 9.17) is 16.9 Å². The highest BCUT2D eigenvalue weighted by molar-refractivity contribution is 7.95. The van der Waals surface area contributed by atoms with E-state index in [0.717, 1.165) is 22.9 Å². The van der Waals surface area contributed by atoms with Crippen molar-refractivity contribution in [3.05, 3.63) is 96.0 Å². The second kappa shape index (κ2) is 16.1. The van der Waals surface area contributed by atoms with Gasteiger partial charge < -0.3 is 15.3 Å². The lowest BCUT2D eigenvalue weighted by Gasteiger charge is -2.22. The summed E-state index contributed by atoms with van der Waals surface area (Å²) in [6, 6.07) is 14.4. The molecule has 4 aromatic carbocycles. The Bertz CT molecular complexity index is 2650. The Kier molecular flexibility index (Phi) is 12.0. The Morgan fingerprint density at radius 3 is 2.24 bits per heavy atom. The van der Waals surface area contributed by atoms with Crippen molar-refractivity contribution < 1.29 is 49.5 Å². The monoisotopic (exact) mass is 835 g/mol. The topological polar surface area (TPSA) is 260 Å². The summed E-state index contributed by atoms with van der Waals surface area (Å²) >= 11 is 6.58. The molecule has 5 rings (SSSR count). The number of benzene rings is 4. The van der Waals surface area contributed by atoms with Crippen molar-refractivity contribution in [2.45, 2.75) is 26.5 Å². The molecule has 0 saturated carbocycles. The van der Waals surface area contributed by atoms with Crippen LogP contribution in [0.3, 0.4) is 0 Å². The summed E-state index contributed by atoms with van der Waals surface area (Å²) in [5, 5.41) is 35.9. The standard InChI is InChI=1S/C31H26ClN7O11S4/c1-4-39(19-8-7-9-21(16-19)53(44,45)6-3)31-35-29(32)34-30(36-31)33-23-14-15-25(54(46,47)48)22-17-24(51-50-49-41)27(28(40)26(22)23)38-37-18-10-12-20(13-11-18)52(42,43)5-2/h5-17,40-41H,2-4H2,1H3,(H,46,47,48)(H,33,34,35,36). The molecule has 18 nitrogen and oxygen atoms in total. The number of fused-ring (bicyclic) bond motifs is 1. The number of anilines is 4. The average Bonchev–Trinajstić information content (AvgIpc) is 3.13. The number of hydrogen-bond donors (Lipinski definition) is 4. The number of rotatable bonds is 15. The van der Waals surface area contributed by atoms with Gasteiger partial charge in [0.1, 0.15) is 10.6 Å². The highest BCUT2D eigenvalue weighted by atomic mass is 35.5. The molecule has 0 amide bonds. The zero-order valence-corrected chi connectivity index (χ0v) is 31.5. The van der Waals surface area contributed by atoms with E-state index in [9.17, 15) is 34.9 Å². The van der Waals surface area contributed by atoms with Gasteiger partial charge in [0.25, 0.3) is 10.1 Å². The van der Waals surface area contributed by atoms with Gasteiger partial charge in [0.05, 0.1) is 43.5 Å². The molecule has 0 aliphatic carbocycles. The van der Waals surface area contributed by atoms with E-state index in [-0.39, 0.29) is 78.3 Å². The van der Waals surface area contributed by atoms with Gasteiger partial charge in [0, 0.05) is 28.4 Å². The molecular formula is C31H26ClN7O11S4. The van der Waals surface area contributed by atoms with Crippen LogP contribution in [-0.4, -0.2) is 61.7 Å². The smallest absolute Gasteiger partial charge is 0.295 e. The molecule has 0 atom stereocenters. The van der Waals surface area contributed by atoms with Gasteiger partial charge in [0.2, 0.25) is 17.2 Å². The van der Waals surface area contributed by atoms with Gasteiger partial charge in [-0.1, -0.05) is 24.3 Å². The van der Waals surface area contributed by atoms with Crippen LogP contribution in [0.15, 0.2) is 121 Å². The Morgan fingerprint density at radius 2 is 1.61 bits per heavy atom. The zero-order chi connectivity index (χ0) is 39.4. The minimum atomic E-state index is -4.93. The minimum Gasteiger partial charge on any atom is -0.505 e. The van der Waals surface area contributed by atoms with Crippen molar-refractivity contribution >= 4 is 98.9 Å². The van der Waals surface area contributed by atoms with Crippen molar-refractivity contribution in [1.29, 1.82) is 0 Å². The fraction of sp³-hybridized carbons (Fsp3) is 0.0645. The molecule has 0 saturated heterocycles. The van der Waals surface area contributed by atoms with Crippen molar-refractivity contribution in [1.82, 2.24) is 15.0 Å². The number of aromatic nitrogens is 3. The molecule has 0 aliphatic rings. The van der Waals surface area contributed by atoms with Crippen molar-refractivity contribution in [3.63, 3.8) is 0 Å². The quantitative estimate of drug-likeness (QED) is 0.0267. The van der Waals surface area contributed by atoms with E-state index in [0.29, 0.717) is 5.69 Å². The fourth-order valence-corrected chi connectivity index (χ4v) is 7.66. The van der Waals surface area contributed by atoms with Gasteiger partial charge in [0.15, 0.2) is 25.4 Å². The summed E-state index contributed by atoms with van der Waals surface area (Å²) in [6.07, 6.45) is 0. The minimum absolute atomic E-state index is 0.0301. The number of phenols is 1. The van der Waals surface area contributed by atoms with Crippen molar-refractivity contribution in [3.8, 4) is 5.75 Å². The lowest BCUT2D eigenvalue weighted by Crippen LogP contribution is -2.20. The highest BCUT2D eigenvalue weighted by Crippen LogP contribution is 2.48. The zero-order valence-electron chi connectivity index (χ0n) is 27.4. The van der Waals surface area contributed by atoms with Gasteiger partial charge in [-0.15, -0.1) is 9.45 Å². The van der Waals surface area contributed by atoms with E-state index < -0.39 is 40.4 Å². The summed E-state index contributed by atoms with van der Waals surface area (Å²) in [4.78, 5) is 13.3. The highest BCUT2D eigenvalue weighted by Gasteiger charge is 2.25. The maximum atomic E-state index is 12.5. The third kappa shape index (κ3) is 8.67. The molecule has 54 heavy (non-hydrogen) atoms. The second-order valence-electron chi connectivity index (χ2n) is 10.5. The Balaban J connectivity index is 1.66. The van der Waals surface area contributed by atoms with E-state index in [1.54, 1.807) is 13.0 Å². The Hall–Kier alpha value is -5.04. The lowest BCUT2D eigenvalue weighted by molar-refractivity contribution is -0.432. The molecule has 282 valence electrons. The summed E-state index contributed by atoms with van der Waals surface area (Å²) in [5.41, 5.74) is 0.0962. The van der Waals surface area contributed by atoms with Crippen LogP contribution in [0.5, 0.6) is 5.75 Å². The molecule has 1 heterocycles. The number of hydrogen-bond acceptors (Lipinski definition) is 18. The SMILES string of the molecule is C=CS(=O)(=O)c1ccc(N=Nc2c(SOOO)cc3c(S(=O)(=O)O)ccc(Nc4nc(Cl)nc(N(CC)c5cccc(S(=O)(=O)C=C)c5)n4)c3c2O)cc1. The first-order chi connectivity index (χ1) is 25.5. The van der Waals surface area contributed by atoms with Crippen LogP contribution in [0, 0.1) is 0 Å². The predicted octanol–water partition coefficient (Wildman–Crippen LogP) is 7.21. The van der Waals surface area contributed by atoms with Crippen LogP contribution in [0.1, 0.15) is 6.92 Å². The Labute approximate surface area is 317 Å². The first-order valence-corrected chi connectivity index (χ1v) is 20.5. The summed E-state index contributed by atoms with van der Waals surface area (Å²) in [5.74, 6) is -0.973. The second-order valence-corrected chi connectivity index (χ2v) is 16.8. The summed E-state index contributed by atoms with van der Waals surface area (Å²) in [7, 11) is -12.5.